The number of amides is 1. The van der Waals surface area contributed by atoms with Gasteiger partial charge in [-0.15, -0.1) is 0 Å². The van der Waals surface area contributed by atoms with E-state index in [0.29, 0.717) is 35.5 Å². The first kappa shape index (κ1) is 15.1. The van der Waals surface area contributed by atoms with Gasteiger partial charge in [0.05, 0.1) is 17.4 Å². The Morgan fingerprint density at radius 2 is 2.20 bits per heavy atom. The molecule has 4 heterocycles. The lowest BCUT2D eigenvalue weighted by molar-refractivity contribution is 0.0955. The van der Waals surface area contributed by atoms with E-state index in [4.69, 9.17) is 4.42 Å². The van der Waals surface area contributed by atoms with Crippen LogP contribution in [-0.4, -0.2) is 32.4 Å². The molecule has 25 heavy (non-hydrogen) atoms. The van der Waals surface area contributed by atoms with Gasteiger partial charge in [-0.1, -0.05) is 6.07 Å². The fourth-order valence-electron chi connectivity index (χ4n) is 2.59. The number of pyridine rings is 2. The molecule has 2 N–H and O–H groups in total. The zero-order chi connectivity index (χ0) is 17.1. The molecule has 0 radical (unpaired) electrons. The van der Waals surface area contributed by atoms with Crippen LogP contribution in [0.25, 0.3) is 22.6 Å². The number of H-pyrrole nitrogens is 1. The van der Waals surface area contributed by atoms with Gasteiger partial charge in [0.2, 0.25) is 0 Å². The third-order valence-electron chi connectivity index (χ3n) is 3.85. The monoisotopic (exact) mass is 333 g/mol. The zero-order valence-corrected chi connectivity index (χ0v) is 13.3. The highest BCUT2D eigenvalue weighted by molar-refractivity contribution is 6.04. The Morgan fingerprint density at radius 1 is 1.24 bits per heavy atom. The molecule has 0 aliphatic carbocycles. The molecular formula is C18H15N5O2. The summed E-state index contributed by atoms with van der Waals surface area (Å²) in [5.41, 5.74) is 3.47. The van der Waals surface area contributed by atoms with E-state index in [-0.39, 0.29) is 5.91 Å². The van der Waals surface area contributed by atoms with Crippen LogP contribution in [-0.2, 0) is 6.42 Å². The second kappa shape index (κ2) is 6.56. The molecule has 0 fully saturated rings. The van der Waals surface area contributed by atoms with Crippen molar-refractivity contribution < 1.29 is 9.21 Å². The fraction of sp³-hybridized carbons (Fsp3) is 0.111. The maximum Gasteiger partial charge on any atom is 0.253 e. The molecule has 0 atom stereocenters. The Labute approximate surface area is 143 Å². The number of nitrogens with one attached hydrogen (secondary N) is 2. The topological polar surface area (TPSA) is 96.7 Å². The molecule has 4 rings (SSSR count). The van der Waals surface area contributed by atoms with Crippen molar-refractivity contribution in [1.82, 2.24) is 25.3 Å². The molecule has 0 aliphatic rings. The van der Waals surface area contributed by atoms with Crippen molar-refractivity contribution in [2.45, 2.75) is 6.42 Å². The van der Waals surface area contributed by atoms with Gasteiger partial charge in [-0.05, 0) is 30.2 Å². The van der Waals surface area contributed by atoms with Crippen molar-refractivity contribution in [3.63, 3.8) is 0 Å². The second-order valence-corrected chi connectivity index (χ2v) is 5.52. The van der Waals surface area contributed by atoms with E-state index < -0.39 is 0 Å². The first-order chi connectivity index (χ1) is 12.3. The third kappa shape index (κ3) is 3.12. The van der Waals surface area contributed by atoms with E-state index in [2.05, 4.69) is 25.3 Å². The minimum Gasteiger partial charge on any atom is -0.472 e. The van der Waals surface area contributed by atoms with Gasteiger partial charge in [0.15, 0.2) is 5.65 Å². The lowest BCUT2D eigenvalue weighted by Gasteiger charge is -2.05. The predicted octanol–water partition coefficient (Wildman–Crippen LogP) is 2.59. The minimum atomic E-state index is -0.179. The highest BCUT2D eigenvalue weighted by Gasteiger charge is 2.15. The molecule has 7 nitrogen and oxygen atoms in total. The lowest BCUT2D eigenvalue weighted by atomic mass is 10.2. The average molecular weight is 333 g/mol. The summed E-state index contributed by atoms with van der Waals surface area (Å²) in [6.07, 6.45) is 8.99. The van der Waals surface area contributed by atoms with E-state index in [0.717, 1.165) is 11.1 Å². The van der Waals surface area contributed by atoms with E-state index in [1.54, 1.807) is 43.2 Å². The number of furan rings is 1. The summed E-state index contributed by atoms with van der Waals surface area (Å²) in [6.45, 7) is 0.521. The number of aromatic nitrogens is 4. The van der Waals surface area contributed by atoms with Crippen molar-refractivity contribution in [1.29, 1.82) is 0 Å². The van der Waals surface area contributed by atoms with Crippen LogP contribution in [0, 0.1) is 0 Å². The molecule has 0 saturated heterocycles. The summed E-state index contributed by atoms with van der Waals surface area (Å²) >= 11 is 0. The van der Waals surface area contributed by atoms with E-state index in [9.17, 15) is 4.79 Å². The number of carbonyl (C=O) groups excluding carboxylic acids is 1. The summed E-state index contributed by atoms with van der Waals surface area (Å²) in [5.74, 6) is 0.438. The quantitative estimate of drug-likeness (QED) is 0.585. The summed E-state index contributed by atoms with van der Waals surface area (Å²) in [6, 6.07) is 7.33. The number of hydrogen-bond donors (Lipinski definition) is 2. The summed E-state index contributed by atoms with van der Waals surface area (Å²) < 4.78 is 5.07. The molecule has 0 unspecified atom stereocenters. The zero-order valence-electron chi connectivity index (χ0n) is 13.3. The molecule has 0 saturated carbocycles. The van der Waals surface area contributed by atoms with Crippen LogP contribution in [0.15, 0.2) is 59.8 Å². The smallest absolute Gasteiger partial charge is 0.253 e. The predicted molar refractivity (Wildman–Crippen MR) is 91.9 cm³/mol. The first-order valence-corrected chi connectivity index (χ1v) is 7.85. The molecule has 4 aromatic heterocycles. The van der Waals surface area contributed by atoms with Gasteiger partial charge in [-0.25, -0.2) is 9.97 Å². The van der Waals surface area contributed by atoms with Crippen LogP contribution in [0.1, 0.15) is 15.9 Å². The van der Waals surface area contributed by atoms with E-state index in [1.807, 2.05) is 12.1 Å². The van der Waals surface area contributed by atoms with Gasteiger partial charge in [0, 0.05) is 25.1 Å². The molecule has 7 heteroatoms. The largest absolute Gasteiger partial charge is 0.472 e. The van der Waals surface area contributed by atoms with Gasteiger partial charge in [0.1, 0.15) is 17.6 Å². The normalized spacial score (nSPS) is 10.9. The van der Waals surface area contributed by atoms with Crippen LogP contribution >= 0.6 is 0 Å². The molecule has 1 amide bonds. The van der Waals surface area contributed by atoms with E-state index in [1.165, 1.54) is 0 Å². The van der Waals surface area contributed by atoms with Gasteiger partial charge >= 0.3 is 0 Å². The molecule has 0 bridgehead atoms. The Hall–Kier alpha value is -3.48. The van der Waals surface area contributed by atoms with E-state index >= 15 is 0 Å². The van der Waals surface area contributed by atoms with Gasteiger partial charge < -0.3 is 14.7 Å². The van der Waals surface area contributed by atoms with Crippen molar-refractivity contribution in [2.75, 3.05) is 6.54 Å². The SMILES string of the molecule is O=C(NCCc1cccnc1)c1ccnc2[nH]c(-c3ccoc3)nc12. The number of aromatic amines is 1. The number of imidazole rings is 1. The second-order valence-electron chi connectivity index (χ2n) is 5.52. The molecule has 0 aliphatic heterocycles. The maximum atomic E-state index is 12.5. The van der Waals surface area contributed by atoms with Crippen LogP contribution < -0.4 is 5.32 Å². The number of hydrogen-bond acceptors (Lipinski definition) is 5. The number of rotatable bonds is 5. The summed E-state index contributed by atoms with van der Waals surface area (Å²) in [5, 5.41) is 2.92. The molecule has 124 valence electrons. The number of nitrogens with zero attached hydrogens (tertiary/aromatic N) is 3. The van der Waals surface area contributed by atoms with Crippen LogP contribution in [0.5, 0.6) is 0 Å². The van der Waals surface area contributed by atoms with Crippen molar-refractivity contribution in [3.8, 4) is 11.4 Å². The average Bonchev–Trinajstić information content (AvgIpc) is 3.31. The molecule has 4 aromatic rings. The van der Waals surface area contributed by atoms with Gasteiger partial charge in [-0.3, -0.25) is 9.78 Å². The Morgan fingerprint density at radius 3 is 3.00 bits per heavy atom. The fourth-order valence-corrected chi connectivity index (χ4v) is 2.59. The number of carbonyl (C=O) groups is 1. The molecular weight excluding hydrogens is 318 g/mol. The Bertz CT molecular complexity index is 993. The highest BCUT2D eigenvalue weighted by atomic mass is 16.3. The first-order valence-electron chi connectivity index (χ1n) is 7.85. The van der Waals surface area contributed by atoms with Crippen molar-refractivity contribution in [3.05, 3.63) is 66.5 Å². The minimum absolute atomic E-state index is 0.179. The van der Waals surface area contributed by atoms with Gasteiger partial charge in [-0.2, -0.15) is 0 Å². The lowest BCUT2D eigenvalue weighted by Crippen LogP contribution is -2.26. The number of fused-ring (bicyclic) bond motifs is 1. The maximum absolute atomic E-state index is 12.5. The van der Waals surface area contributed by atoms with Crippen LogP contribution in [0.3, 0.4) is 0 Å². The van der Waals surface area contributed by atoms with Crippen molar-refractivity contribution in [2.24, 2.45) is 0 Å². The molecule has 0 aromatic carbocycles. The Balaban J connectivity index is 1.53. The third-order valence-corrected chi connectivity index (χ3v) is 3.85. The summed E-state index contributed by atoms with van der Waals surface area (Å²) in [4.78, 5) is 28.4. The molecule has 0 spiro atoms. The van der Waals surface area contributed by atoms with Crippen molar-refractivity contribution >= 4 is 17.1 Å². The Kier molecular flexibility index (Phi) is 3.96. The summed E-state index contributed by atoms with van der Waals surface area (Å²) in [7, 11) is 0. The highest BCUT2D eigenvalue weighted by Crippen LogP contribution is 2.21. The standard InChI is InChI=1S/C18H15N5O2/c24-18(21-7-3-12-2-1-6-19-10-12)14-4-8-20-17-15(14)22-16(23-17)13-5-9-25-11-13/h1-2,4-6,8-11H,3,7H2,(H,21,24)(H,20,22,23). The van der Waals surface area contributed by atoms with Gasteiger partial charge in [0.25, 0.3) is 5.91 Å². The van der Waals surface area contributed by atoms with Crippen LogP contribution in [0.4, 0.5) is 0 Å². The van der Waals surface area contributed by atoms with Crippen LogP contribution in [0.2, 0.25) is 0 Å².